The van der Waals surface area contributed by atoms with Gasteiger partial charge in [0.05, 0.1) is 33.5 Å². The minimum atomic E-state index is -0.0457. The predicted molar refractivity (Wildman–Crippen MR) is 124 cm³/mol. The molecule has 4 rings (SSSR count). The number of methoxy groups -OCH3 is 2. The molecule has 2 aromatic heterocycles. The molecule has 1 unspecified atom stereocenters. The highest BCUT2D eigenvalue weighted by Gasteiger charge is 2.24. The molecule has 1 fully saturated rings. The third-order valence-electron chi connectivity index (χ3n) is 5.53. The number of aryl methyl sites for hydroxylation is 1. The van der Waals surface area contributed by atoms with E-state index in [0.717, 1.165) is 31.9 Å². The second kappa shape index (κ2) is 11.3. The Morgan fingerprint density at radius 3 is 2.76 bits per heavy atom. The highest BCUT2D eigenvalue weighted by molar-refractivity contribution is 7.10. The number of thiophene rings is 1. The molecule has 33 heavy (non-hydrogen) atoms. The molecule has 0 saturated carbocycles. The zero-order chi connectivity index (χ0) is 23.0. The topological polar surface area (TPSA) is 99.0 Å². The maximum absolute atomic E-state index is 12.5. The average molecular weight is 473 g/mol. The number of hydrogen-bond acceptors (Lipinski definition) is 9. The van der Waals surface area contributed by atoms with Gasteiger partial charge in [-0.25, -0.2) is 0 Å². The van der Waals surface area contributed by atoms with Crippen molar-refractivity contribution in [3.63, 3.8) is 0 Å². The average Bonchev–Trinajstić information content (AvgIpc) is 3.56. The first-order chi connectivity index (χ1) is 16.2. The number of amides is 1. The number of rotatable bonds is 10. The van der Waals surface area contributed by atoms with Gasteiger partial charge in [-0.3, -0.25) is 9.69 Å². The first-order valence-electron chi connectivity index (χ1n) is 10.8. The van der Waals surface area contributed by atoms with Gasteiger partial charge in [0.15, 0.2) is 11.5 Å². The van der Waals surface area contributed by atoms with Gasteiger partial charge in [-0.15, -0.1) is 11.3 Å². The van der Waals surface area contributed by atoms with E-state index >= 15 is 0 Å². The van der Waals surface area contributed by atoms with E-state index in [4.69, 9.17) is 18.7 Å². The molecule has 176 valence electrons. The molecule has 0 bridgehead atoms. The number of ether oxygens (including phenoxy) is 3. The minimum Gasteiger partial charge on any atom is -0.493 e. The lowest BCUT2D eigenvalue weighted by atomic mass is 10.1. The molecular formula is C23H28N4O5S. The summed E-state index contributed by atoms with van der Waals surface area (Å²) in [7, 11) is 3.16. The van der Waals surface area contributed by atoms with Crippen molar-refractivity contribution in [1.29, 1.82) is 0 Å². The fourth-order valence-electron chi connectivity index (χ4n) is 3.75. The highest BCUT2D eigenvalue weighted by atomic mass is 32.1. The molecule has 1 atom stereocenters. The van der Waals surface area contributed by atoms with E-state index in [1.54, 1.807) is 37.7 Å². The smallest absolute Gasteiger partial charge is 0.227 e. The van der Waals surface area contributed by atoms with Crippen LogP contribution in [0.3, 0.4) is 0 Å². The molecule has 1 amide bonds. The van der Waals surface area contributed by atoms with Crippen molar-refractivity contribution >= 4 is 17.2 Å². The molecule has 9 nitrogen and oxygen atoms in total. The van der Waals surface area contributed by atoms with Crippen LogP contribution in [0.25, 0.3) is 11.4 Å². The molecule has 3 heterocycles. The number of benzene rings is 1. The Bertz CT molecular complexity index is 1030. The van der Waals surface area contributed by atoms with Crippen molar-refractivity contribution < 1.29 is 23.5 Å². The normalized spacial score (nSPS) is 15.2. The molecule has 0 aliphatic carbocycles. The van der Waals surface area contributed by atoms with Crippen molar-refractivity contribution in [1.82, 2.24) is 20.4 Å². The van der Waals surface area contributed by atoms with Crippen LogP contribution in [0.2, 0.25) is 0 Å². The molecule has 10 heteroatoms. The van der Waals surface area contributed by atoms with E-state index in [-0.39, 0.29) is 18.4 Å². The zero-order valence-electron chi connectivity index (χ0n) is 18.8. The van der Waals surface area contributed by atoms with Gasteiger partial charge in [0.2, 0.25) is 17.6 Å². The molecule has 1 saturated heterocycles. The summed E-state index contributed by atoms with van der Waals surface area (Å²) < 4.78 is 21.4. The fraction of sp³-hybridized carbons (Fsp3) is 0.435. The number of morpholine rings is 1. The quantitative estimate of drug-likeness (QED) is 0.481. The van der Waals surface area contributed by atoms with E-state index in [2.05, 4.69) is 31.8 Å². The largest absolute Gasteiger partial charge is 0.493 e. The van der Waals surface area contributed by atoms with E-state index in [1.807, 2.05) is 12.1 Å². The Hall–Kier alpha value is -2.95. The number of carbonyl (C=O) groups excluding carboxylic acids is 1. The Morgan fingerprint density at radius 1 is 1.21 bits per heavy atom. The Labute approximate surface area is 196 Å². The molecule has 0 spiro atoms. The summed E-state index contributed by atoms with van der Waals surface area (Å²) in [6.07, 6.45) is 0.640. The number of aromatic nitrogens is 2. The van der Waals surface area contributed by atoms with E-state index < -0.39 is 0 Å². The predicted octanol–water partition coefficient (Wildman–Crippen LogP) is 2.94. The van der Waals surface area contributed by atoms with Gasteiger partial charge >= 0.3 is 0 Å². The van der Waals surface area contributed by atoms with Crippen molar-refractivity contribution in [3.8, 4) is 22.9 Å². The van der Waals surface area contributed by atoms with Crippen LogP contribution < -0.4 is 14.8 Å². The highest BCUT2D eigenvalue weighted by Crippen LogP contribution is 2.31. The SMILES string of the molecule is COc1ccc(-c2noc(CCC(=O)NCC(c3cccs3)N3CCOCC3)n2)cc1OC. The molecular weight excluding hydrogens is 444 g/mol. The monoisotopic (exact) mass is 472 g/mol. The van der Waals surface area contributed by atoms with Gasteiger partial charge in [-0.1, -0.05) is 11.2 Å². The van der Waals surface area contributed by atoms with Crippen LogP contribution in [0.15, 0.2) is 40.2 Å². The summed E-state index contributed by atoms with van der Waals surface area (Å²) in [6, 6.07) is 9.72. The van der Waals surface area contributed by atoms with Crippen molar-refractivity contribution in [2.75, 3.05) is 47.1 Å². The van der Waals surface area contributed by atoms with Gasteiger partial charge in [-0.2, -0.15) is 4.98 Å². The molecule has 1 aromatic carbocycles. The van der Waals surface area contributed by atoms with Crippen molar-refractivity contribution in [2.45, 2.75) is 18.9 Å². The van der Waals surface area contributed by atoms with Crippen LogP contribution in [0.4, 0.5) is 0 Å². The summed E-state index contributed by atoms with van der Waals surface area (Å²) >= 11 is 1.71. The van der Waals surface area contributed by atoms with Crippen LogP contribution in [-0.2, 0) is 16.0 Å². The van der Waals surface area contributed by atoms with Crippen LogP contribution in [-0.4, -0.2) is 68.0 Å². The number of nitrogens with one attached hydrogen (secondary N) is 1. The summed E-state index contributed by atoms with van der Waals surface area (Å²) in [5.74, 6) is 2.02. The Balaban J connectivity index is 1.31. The molecule has 1 N–H and O–H groups in total. The maximum atomic E-state index is 12.5. The van der Waals surface area contributed by atoms with Gasteiger partial charge in [0, 0.05) is 42.9 Å². The van der Waals surface area contributed by atoms with E-state index in [0.29, 0.717) is 36.2 Å². The zero-order valence-corrected chi connectivity index (χ0v) is 19.6. The third kappa shape index (κ3) is 5.89. The molecule has 1 aliphatic rings. The number of nitrogens with zero attached hydrogens (tertiary/aromatic N) is 3. The number of hydrogen-bond donors (Lipinski definition) is 1. The lowest BCUT2D eigenvalue weighted by Gasteiger charge is -2.34. The van der Waals surface area contributed by atoms with Crippen LogP contribution in [0, 0.1) is 0 Å². The Kier molecular flexibility index (Phi) is 7.92. The third-order valence-corrected chi connectivity index (χ3v) is 6.50. The fourth-order valence-corrected chi connectivity index (χ4v) is 4.61. The molecule has 0 radical (unpaired) electrons. The second-order valence-corrected chi connectivity index (χ2v) is 8.54. The second-order valence-electron chi connectivity index (χ2n) is 7.57. The van der Waals surface area contributed by atoms with Crippen molar-refractivity contribution in [3.05, 3.63) is 46.5 Å². The lowest BCUT2D eigenvalue weighted by Crippen LogP contribution is -2.43. The lowest BCUT2D eigenvalue weighted by molar-refractivity contribution is -0.121. The summed E-state index contributed by atoms with van der Waals surface area (Å²) in [6.45, 7) is 3.71. The standard InChI is InChI=1S/C23H28N4O5S/c1-29-18-6-5-16(14-19(18)30-2)23-25-22(32-26-23)8-7-21(28)24-15-17(20-4-3-13-33-20)27-9-11-31-12-10-27/h3-6,13-14,17H,7-12,15H2,1-2H3,(H,24,28). The van der Waals surface area contributed by atoms with Gasteiger partial charge < -0.3 is 24.1 Å². The van der Waals surface area contributed by atoms with E-state index in [1.165, 1.54) is 4.88 Å². The molecule has 3 aromatic rings. The minimum absolute atomic E-state index is 0.0457. The Morgan fingerprint density at radius 2 is 2.03 bits per heavy atom. The maximum Gasteiger partial charge on any atom is 0.227 e. The molecule has 1 aliphatic heterocycles. The number of carbonyl (C=O) groups is 1. The van der Waals surface area contributed by atoms with Gasteiger partial charge in [0.1, 0.15) is 0 Å². The van der Waals surface area contributed by atoms with E-state index in [9.17, 15) is 4.79 Å². The van der Waals surface area contributed by atoms with Crippen LogP contribution in [0.1, 0.15) is 23.2 Å². The van der Waals surface area contributed by atoms with Crippen molar-refractivity contribution in [2.24, 2.45) is 0 Å². The summed E-state index contributed by atoms with van der Waals surface area (Å²) in [5.41, 5.74) is 0.747. The van der Waals surface area contributed by atoms with Crippen LogP contribution in [0.5, 0.6) is 11.5 Å². The van der Waals surface area contributed by atoms with Crippen LogP contribution >= 0.6 is 11.3 Å². The first-order valence-corrected chi connectivity index (χ1v) is 11.7. The van der Waals surface area contributed by atoms with Gasteiger partial charge in [-0.05, 0) is 29.6 Å². The summed E-state index contributed by atoms with van der Waals surface area (Å²) in [5, 5.41) is 9.17. The van der Waals surface area contributed by atoms with Gasteiger partial charge in [0.25, 0.3) is 0 Å². The summed E-state index contributed by atoms with van der Waals surface area (Å²) in [4.78, 5) is 20.6. The first kappa shape index (κ1) is 23.2.